The molecule has 4 heterocycles. The number of ether oxygens (including phenoxy) is 2. The molecule has 27 heavy (non-hydrogen) atoms. The summed E-state index contributed by atoms with van der Waals surface area (Å²) < 4.78 is 10.1. The van der Waals surface area contributed by atoms with E-state index in [1.807, 2.05) is 7.05 Å². The molecule has 4 rings (SSSR count). The standard InChI is InChI=1S/C6H13N.C5H11NO.C5H11NS.C4H9NO/c1-7-5-3-2-4-6-7;2*1-6-2-4-7-5-3-6;1-5-2-3-6-4-5/h2-6H2,1H3;2*2-5H2,1H3;2-4H2,1H3. The number of piperidine rings is 1. The van der Waals surface area contributed by atoms with Crippen LogP contribution in [0.4, 0.5) is 0 Å². The number of nitrogens with zero attached hydrogens (tertiary/aromatic N) is 4. The Morgan fingerprint density at radius 3 is 1.26 bits per heavy atom. The van der Waals surface area contributed by atoms with E-state index < -0.39 is 0 Å². The van der Waals surface area contributed by atoms with Gasteiger partial charge >= 0.3 is 0 Å². The van der Waals surface area contributed by atoms with Crippen molar-refractivity contribution < 1.29 is 9.47 Å². The highest BCUT2D eigenvalue weighted by molar-refractivity contribution is 7.99. The predicted molar refractivity (Wildman–Crippen MR) is 118 cm³/mol. The van der Waals surface area contributed by atoms with Crippen LogP contribution in [-0.4, -0.2) is 132 Å². The first-order valence-electron chi connectivity index (χ1n) is 10.6. The number of hydrogen-bond acceptors (Lipinski definition) is 7. The van der Waals surface area contributed by atoms with Crippen molar-refractivity contribution in [2.24, 2.45) is 0 Å². The summed E-state index contributed by atoms with van der Waals surface area (Å²) in [5.74, 6) is 2.66. The second-order valence-corrected chi connectivity index (χ2v) is 9.04. The Labute approximate surface area is 172 Å². The molecule has 0 aromatic heterocycles. The zero-order valence-corrected chi connectivity index (χ0v) is 19.1. The topological polar surface area (TPSA) is 31.4 Å². The summed E-state index contributed by atoms with van der Waals surface area (Å²) in [4.78, 5) is 9.17. The molecule has 0 saturated carbocycles. The maximum Gasteiger partial charge on any atom is 0.0989 e. The summed E-state index contributed by atoms with van der Waals surface area (Å²) >= 11 is 2.06. The van der Waals surface area contributed by atoms with Gasteiger partial charge < -0.3 is 24.2 Å². The van der Waals surface area contributed by atoms with E-state index in [1.54, 1.807) is 0 Å². The maximum absolute atomic E-state index is 5.10. The van der Waals surface area contributed by atoms with E-state index in [0.717, 1.165) is 46.2 Å². The zero-order valence-electron chi connectivity index (χ0n) is 18.3. The van der Waals surface area contributed by atoms with Crippen molar-refractivity contribution in [1.29, 1.82) is 0 Å². The Morgan fingerprint density at radius 2 is 1.00 bits per heavy atom. The highest BCUT2D eigenvalue weighted by Gasteiger charge is 2.04. The second kappa shape index (κ2) is 17.0. The first-order chi connectivity index (χ1) is 13.1. The van der Waals surface area contributed by atoms with Gasteiger partial charge in [-0.1, -0.05) is 6.42 Å². The SMILES string of the molecule is CN1CCCCC1.CN1CCOC1.CN1CCOCC1.CN1CCSCC1. The van der Waals surface area contributed by atoms with Gasteiger partial charge in [0, 0.05) is 44.2 Å². The van der Waals surface area contributed by atoms with E-state index in [-0.39, 0.29) is 0 Å². The zero-order chi connectivity index (χ0) is 19.7. The van der Waals surface area contributed by atoms with Crippen molar-refractivity contribution in [3.8, 4) is 0 Å². The number of likely N-dealkylation sites (N-methyl/N-ethyl adjacent to an activating group) is 2. The van der Waals surface area contributed by atoms with Crippen LogP contribution in [0.15, 0.2) is 0 Å². The Morgan fingerprint density at radius 1 is 0.519 bits per heavy atom. The Balaban J connectivity index is 0.000000180. The molecule has 7 heteroatoms. The average molecular weight is 405 g/mol. The first kappa shape index (κ1) is 25.1. The molecule has 0 N–H and O–H groups in total. The van der Waals surface area contributed by atoms with Crippen LogP contribution >= 0.6 is 11.8 Å². The van der Waals surface area contributed by atoms with Gasteiger partial charge in [-0.25, -0.2) is 0 Å². The summed E-state index contributed by atoms with van der Waals surface area (Å²) in [5, 5.41) is 0. The average Bonchev–Trinajstić information content (AvgIpc) is 3.16. The van der Waals surface area contributed by atoms with Crippen molar-refractivity contribution in [1.82, 2.24) is 19.6 Å². The molecule has 0 bridgehead atoms. The lowest BCUT2D eigenvalue weighted by Crippen LogP contribution is -2.32. The van der Waals surface area contributed by atoms with Crippen molar-refractivity contribution in [2.45, 2.75) is 19.3 Å². The van der Waals surface area contributed by atoms with Crippen molar-refractivity contribution in [2.75, 3.05) is 112 Å². The van der Waals surface area contributed by atoms with E-state index in [9.17, 15) is 0 Å². The van der Waals surface area contributed by atoms with Gasteiger partial charge in [0.15, 0.2) is 0 Å². The van der Waals surface area contributed by atoms with Crippen LogP contribution in [0.1, 0.15) is 19.3 Å². The number of morpholine rings is 1. The fourth-order valence-electron chi connectivity index (χ4n) is 2.87. The molecule has 0 amide bonds. The highest BCUT2D eigenvalue weighted by atomic mass is 32.2. The Hall–Kier alpha value is 0.110. The van der Waals surface area contributed by atoms with Crippen LogP contribution in [0, 0.1) is 0 Å². The van der Waals surface area contributed by atoms with Gasteiger partial charge in [0.2, 0.25) is 0 Å². The second-order valence-electron chi connectivity index (χ2n) is 7.81. The summed E-state index contributed by atoms with van der Waals surface area (Å²) in [6.45, 7) is 12.1. The Bertz CT molecular complexity index is 277. The third kappa shape index (κ3) is 15.7. The van der Waals surface area contributed by atoms with Crippen LogP contribution in [-0.2, 0) is 9.47 Å². The largest absolute Gasteiger partial charge is 0.379 e. The molecular weight excluding hydrogens is 360 g/mol. The molecule has 6 nitrogen and oxygen atoms in total. The monoisotopic (exact) mass is 404 g/mol. The summed E-state index contributed by atoms with van der Waals surface area (Å²) in [5.41, 5.74) is 0. The van der Waals surface area contributed by atoms with Gasteiger partial charge in [0.1, 0.15) is 0 Å². The molecule has 0 radical (unpaired) electrons. The molecular formula is C20H44N4O2S. The van der Waals surface area contributed by atoms with Gasteiger partial charge in [-0.2, -0.15) is 11.8 Å². The number of thioether (sulfide) groups is 1. The van der Waals surface area contributed by atoms with Crippen molar-refractivity contribution >= 4 is 11.8 Å². The van der Waals surface area contributed by atoms with Crippen LogP contribution in [0.2, 0.25) is 0 Å². The summed E-state index contributed by atoms with van der Waals surface area (Å²) in [6.07, 6.45) is 4.28. The molecule has 4 fully saturated rings. The van der Waals surface area contributed by atoms with Gasteiger partial charge in [-0.15, -0.1) is 0 Å². The fourth-order valence-corrected chi connectivity index (χ4v) is 3.95. The van der Waals surface area contributed by atoms with Gasteiger partial charge in [-0.05, 0) is 54.1 Å². The smallest absolute Gasteiger partial charge is 0.0989 e. The van der Waals surface area contributed by atoms with Crippen LogP contribution in [0.5, 0.6) is 0 Å². The molecule has 4 saturated heterocycles. The molecule has 4 aliphatic heterocycles. The lowest BCUT2D eigenvalue weighted by atomic mass is 10.1. The third-order valence-electron chi connectivity index (χ3n) is 4.98. The molecule has 0 aromatic rings. The van der Waals surface area contributed by atoms with Gasteiger partial charge in [0.25, 0.3) is 0 Å². The van der Waals surface area contributed by atoms with E-state index in [1.165, 1.54) is 56.9 Å². The Kier molecular flexibility index (Phi) is 15.8. The van der Waals surface area contributed by atoms with Crippen LogP contribution < -0.4 is 0 Å². The number of hydrogen-bond donors (Lipinski definition) is 0. The van der Waals surface area contributed by atoms with Gasteiger partial charge in [0.05, 0.1) is 26.6 Å². The lowest BCUT2D eigenvalue weighted by molar-refractivity contribution is 0.0503. The minimum Gasteiger partial charge on any atom is -0.379 e. The molecule has 162 valence electrons. The normalized spacial score (nSPS) is 25.3. The van der Waals surface area contributed by atoms with E-state index in [2.05, 4.69) is 52.5 Å². The molecule has 0 aromatic carbocycles. The van der Waals surface area contributed by atoms with Crippen LogP contribution in [0.3, 0.4) is 0 Å². The number of rotatable bonds is 0. The molecule has 4 aliphatic rings. The molecule has 0 spiro atoms. The van der Waals surface area contributed by atoms with Crippen molar-refractivity contribution in [3.63, 3.8) is 0 Å². The van der Waals surface area contributed by atoms with E-state index >= 15 is 0 Å². The maximum atomic E-state index is 5.10. The lowest BCUT2D eigenvalue weighted by Gasteiger charge is -2.21. The van der Waals surface area contributed by atoms with Crippen LogP contribution in [0.25, 0.3) is 0 Å². The predicted octanol–water partition coefficient (Wildman–Crippen LogP) is 1.62. The van der Waals surface area contributed by atoms with E-state index in [4.69, 9.17) is 9.47 Å². The van der Waals surface area contributed by atoms with Crippen molar-refractivity contribution in [3.05, 3.63) is 0 Å². The fraction of sp³-hybridized carbons (Fsp3) is 1.00. The third-order valence-corrected chi connectivity index (χ3v) is 5.92. The van der Waals surface area contributed by atoms with E-state index in [0.29, 0.717) is 0 Å². The molecule has 0 aliphatic carbocycles. The highest BCUT2D eigenvalue weighted by Crippen LogP contribution is 2.06. The minimum atomic E-state index is 0.819. The van der Waals surface area contributed by atoms with Gasteiger partial charge in [-0.3, -0.25) is 4.90 Å². The minimum absolute atomic E-state index is 0.819. The summed E-state index contributed by atoms with van der Waals surface area (Å²) in [6, 6.07) is 0. The number of likely N-dealkylation sites (tertiary alicyclic amines) is 1. The summed E-state index contributed by atoms with van der Waals surface area (Å²) in [7, 11) is 8.54. The first-order valence-corrected chi connectivity index (χ1v) is 11.7. The molecule has 0 atom stereocenters. The molecule has 0 unspecified atom stereocenters. The quantitative estimate of drug-likeness (QED) is 0.606.